The van der Waals surface area contributed by atoms with Crippen LogP contribution < -0.4 is 5.09 Å². The number of benzene rings is 2. The molecular weight excluding hydrogens is 402 g/mol. The molecule has 1 aromatic heterocycles. The van der Waals surface area contributed by atoms with Crippen molar-refractivity contribution in [2.45, 2.75) is 11.5 Å². The average Bonchev–Trinajstić information content (AvgIpc) is 3.07. The van der Waals surface area contributed by atoms with E-state index in [1.165, 1.54) is 18.8 Å². The van der Waals surface area contributed by atoms with Gasteiger partial charge in [0.05, 0.1) is 5.69 Å². The van der Waals surface area contributed by atoms with Crippen LogP contribution in [0.4, 0.5) is 18.9 Å². The molecule has 0 radical (unpaired) electrons. The van der Waals surface area contributed by atoms with Gasteiger partial charge in [0.2, 0.25) is 5.82 Å². The van der Waals surface area contributed by atoms with Gasteiger partial charge in [-0.2, -0.15) is 13.8 Å². The Morgan fingerprint density at radius 2 is 1.85 bits per heavy atom. The number of nitrogens with zero attached hydrogens (tertiary/aromatic N) is 2. The monoisotopic (exact) mass is 415 g/mol. The molecule has 1 heterocycles. The molecule has 0 aliphatic rings. The molecule has 0 aliphatic heterocycles. The zero-order chi connectivity index (χ0) is 19.7. The summed E-state index contributed by atoms with van der Waals surface area (Å²) in [5.74, 6) is -1.52. The summed E-state index contributed by atoms with van der Waals surface area (Å²) in [5, 5.41) is 2.47. The lowest BCUT2D eigenvalue weighted by Crippen LogP contribution is -2.03. The minimum atomic E-state index is -3.74. The highest BCUT2D eigenvalue weighted by molar-refractivity contribution is 7.63. The van der Waals surface area contributed by atoms with Crippen molar-refractivity contribution in [1.82, 2.24) is 10.1 Å². The first kappa shape index (κ1) is 19.5. The number of nitrogens with one attached hydrogen (secondary N) is 1. The first-order valence-electron chi connectivity index (χ1n) is 7.74. The highest BCUT2D eigenvalue weighted by Gasteiger charge is 2.35. The van der Waals surface area contributed by atoms with Gasteiger partial charge in [-0.05, 0) is 29.3 Å². The zero-order valence-electron chi connectivity index (χ0n) is 14.0. The predicted molar refractivity (Wildman–Crippen MR) is 96.7 cm³/mol. The Morgan fingerprint density at radius 3 is 2.44 bits per heavy atom. The van der Waals surface area contributed by atoms with Gasteiger partial charge in [-0.15, -0.1) is 0 Å². The Hall–Kier alpha value is -2.31. The fourth-order valence-electron chi connectivity index (χ4n) is 2.41. The molecule has 0 spiro atoms. The maximum Gasteiger partial charge on any atom is 0.400 e. The molecule has 3 aromatic rings. The summed E-state index contributed by atoms with van der Waals surface area (Å²) < 4.78 is 56.8. The van der Waals surface area contributed by atoms with Gasteiger partial charge in [0.25, 0.3) is 0 Å². The molecule has 0 amide bonds. The van der Waals surface area contributed by atoms with E-state index in [4.69, 9.17) is 11.6 Å². The summed E-state index contributed by atoms with van der Waals surface area (Å²) in [4.78, 5) is 3.55. The van der Waals surface area contributed by atoms with Gasteiger partial charge in [0, 0.05) is 18.4 Å². The van der Waals surface area contributed by atoms with Crippen LogP contribution >= 0.6 is 18.9 Å². The number of hydrogen-bond donors (Lipinski definition) is 1. The maximum atomic E-state index is 13.7. The van der Waals surface area contributed by atoms with E-state index in [-0.39, 0.29) is 17.7 Å². The lowest BCUT2D eigenvalue weighted by molar-refractivity contribution is 0.0551. The topological polar surface area (TPSA) is 68.0 Å². The lowest BCUT2D eigenvalue weighted by Gasteiger charge is -2.17. The van der Waals surface area contributed by atoms with Gasteiger partial charge in [-0.25, -0.2) is 4.39 Å². The number of alkyl halides is 3. The molecule has 2 aromatic carbocycles. The summed E-state index contributed by atoms with van der Waals surface area (Å²) in [6, 6.07) is 12.5. The van der Waals surface area contributed by atoms with E-state index in [2.05, 4.69) is 19.8 Å². The van der Waals surface area contributed by atoms with Crippen LogP contribution in [0.2, 0.25) is 0 Å². The average molecular weight is 416 g/mol. The Labute approximate surface area is 158 Å². The van der Waals surface area contributed by atoms with Crippen LogP contribution in [0.25, 0.3) is 11.4 Å². The largest absolute Gasteiger partial charge is 0.400 e. The minimum Gasteiger partial charge on any atom is -0.334 e. The van der Waals surface area contributed by atoms with Crippen molar-refractivity contribution in [2.75, 3.05) is 11.8 Å². The van der Waals surface area contributed by atoms with Gasteiger partial charge in [0.15, 0.2) is 7.29 Å². The van der Waals surface area contributed by atoms with Gasteiger partial charge >= 0.3 is 11.3 Å². The Morgan fingerprint density at radius 1 is 1.19 bits per heavy atom. The zero-order valence-corrected chi connectivity index (χ0v) is 15.6. The van der Waals surface area contributed by atoms with Crippen LogP contribution in [0.5, 0.6) is 0 Å². The first-order chi connectivity index (χ1) is 12.6. The summed E-state index contributed by atoms with van der Waals surface area (Å²) in [7, 11) is -2.92. The Balaban J connectivity index is 1.73. The van der Waals surface area contributed by atoms with E-state index in [1.54, 1.807) is 36.4 Å². The molecule has 0 saturated heterocycles. The molecule has 5 nitrogen and oxygen atoms in total. The molecule has 3 rings (SSSR count). The fourth-order valence-corrected chi connectivity index (χ4v) is 4.16. The smallest absolute Gasteiger partial charge is 0.334 e. The SMILES string of the molecule is CP(=O)(Cc1ccc(-c2noc(C(F)(F)Cl)n2)cc1)Nc1ccccc1F. The second-order valence-electron chi connectivity index (χ2n) is 5.97. The maximum absolute atomic E-state index is 13.7. The number of para-hydroxylation sites is 1. The highest BCUT2D eigenvalue weighted by Crippen LogP contribution is 2.45. The van der Waals surface area contributed by atoms with Crippen molar-refractivity contribution in [3.05, 3.63) is 65.8 Å². The number of rotatable bonds is 6. The van der Waals surface area contributed by atoms with Crippen molar-refractivity contribution in [3.8, 4) is 11.4 Å². The third-order valence-electron chi connectivity index (χ3n) is 3.60. The van der Waals surface area contributed by atoms with Crippen molar-refractivity contribution in [1.29, 1.82) is 0 Å². The number of aromatic nitrogens is 2. The van der Waals surface area contributed by atoms with Crippen LogP contribution in [0.15, 0.2) is 53.1 Å². The summed E-state index contributed by atoms with van der Waals surface area (Å²) in [5.41, 5.74) is 1.31. The molecule has 1 unspecified atom stereocenters. The molecule has 10 heteroatoms. The van der Waals surface area contributed by atoms with E-state index >= 15 is 0 Å². The van der Waals surface area contributed by atoms with E-state index in [0.717, 1.165) is 0 Å². The van der Waals surface area contributed by atoms with Crippen LogP contribution in [-0.4, -0.2) is 16.8 Å². The molecule has 0 saturated carbocycles. The molecule has 27 heavy (non-hydrogen) atoms. The van der Waals surface area contributed by atoms with Crippen LogP contribution in [0.3, 0.4) is 0 Å². The van der Waals surface area contributed by atoms with Crippen LogP contribution in [-0.2, 0) is 16.1 Å². The summed E-state index contributed by atoms with van der Waals surface area (Å²) >= 11 is 4.84. The minimum absolute atomic E-state index is 0.0407. The normalized spacial score (nSPS) is 14.0. The van der Waals surface area contributed by atoms with Gasteiger partial charge < -0.3 is 14.2 Å². The van der Waals surface area contributed by atoms with Crippen molar-refractivity contribution in [3.63, 3.8) is 0 Å². The molecule has 1 atom stereocenters. The van der Waals surface area contributed by atoms with E-state index in [1.807, 2.05) is 0 Å². The molecule has 0 bridgehead atoms. The number of hydrogen-bond acceptors (Lipinski definition) is 4. The molecule has 0 fully saturated rings. The fraction of sp³-hybridized carbons (Fsp3) is 0.176. The van der Waals surface area contributed by atoms with E-state index < -0.39 is 24.4 Å². The van der Waals surface area contributed by atoms with Crippen LogP contribution in [0.1, 0.15) is 11.5 Å². The number of anilines is 1. The summed E-state index contributed by atoms with van der Waals surface area (Å²) in [6.45, 7) is 1.52. The first-order valence-corrected chi connectivity index (χ1v) is 10.5. The van der Waals surface area contributed by atoms with E-state index in [9.17, 15) is 17.7 Å². The Bertz CT molecular complexity index is 990. The van der Waals surface area contributed by atoms with Gasteiger partial charge in [0.1, 0.15) is 5.82 Å². The molecule has 1 N–H and O–H groups in total. The van der Waals surface area contributed by atoms with Gasteiger partial charge in [-0.3, -0.25) is 0 Å². The molecular formula is C17H14ClF3N3O2P. The lowest BCUT2D eigenvalue weighted by atomic mass is 10.1. The standard InChI is InChI=1S/C17H14ClF3N3O2P/c1-27(25,24-14-5-3-2-4-13(14)19)10-11-6-8-12(9-7-11)15-22-16(26-23-15)17(18,20)21/h2-9H,10H2,1H3,(H,24,25). The van der Waals surface area contributed by atoms with E-state index in [0.29, 0.717) is 11.1 Å². The van der Waals surface area contributed by atoms with Gasteiger partial charge in [-0.1, -0.05) is 41.6 Å². The third-order valence-corrected chi connectivity index (χ3v) is 5.44. The van der Waals surface area contributed by atoms with Crippen LogP contribution in [0, 0.1) is 5.82 Å². The number of halogens is 4. The highest BCUT2D eigenvalue weighted by atomic mass is 35.5. The van der Waals surface area contributed by atoms with Crippen molar-refractivity contribution >= 4 is 24.6 Å². The third kappa shape index (κ3) is 4.90. The molecule has 0 aliphatic carbocycles. The quantitative estimate of drug-likeness (QED) is 0.414. The predicted octanol–water partition coefficient (Wildman–Crippen LogP) is 5.68. The molecule has 142 valence electrons. The van der Waals surface area contributed by atoms with Crippen molar-refractivity contribution in [2.24, 2.45) is 0 Å². The second kappa shape index (κ2) is 7.37. The summed E-state index contributed by atoms with van der Waals surface area (Å²) in [6.07, 6.45) is 0.166. The Kier molecular flexibility index (Phi) is 5.31. The van der Waals surface area contributed by atoms with Crippen molar-refractivity contribution < 1.29 is 22.3 Å². The second-order valence-corrected chi connectivity index (χ2v) is 9.18.